The molecule has 2 saturated heterocycles. The van der Waals surface area contributed by atoms with Crippen LogP contribution in [0.5, 0.6) is 0 Å². The fourth-order valence-electron chi connectivity index (χ4n) is 3.96. The van der Waals surface area contributed by atoms with Crippen LogP contribution in [0.15, 0.2) is 18.2 Å². The molecule has 2 heterocycles. The average Bonchev–Trinajstić information content (AvgIpc) is 2.61. The first-order chi connectivity index (χ1) is 12.2. The minimum Gasteiger partial charge on any atom is -0.545 e. The number of carbonyl (C=O) groups is 1. The number of carbonyl (C=O) groups excluding carboxylic acids is 1. The number of hydrogen-bond donors (Lipinski definition) is 0. The standard InChI is InChI=1S/C19H25F3N2O2.Na/c1-13-2-6-23(7-3-13)16-4-8-24(9-5-16)17-11-14(18(25)26)10-15(12-17)19(20,21)22;/h10-13,16H,2-9H2,1H3,(H,25,26);/q;+1/p-1. The summed E-state index contributed by atoms with van der Waals surface area (Å²) in [6.07, 6.45) is -0.425. The smallest absolute Gasteiger partial charge is 0.545 e. The summed E-state index contributed by atoms with van der Waals surface area (Å²) in [5.74, 6) is -0.825. The number of piperidine rings is 2. The van der Waals surface area contributed by atoms with Crippen LogP contribution in [0.25, 0.3) is 0 Å². The Hall–Kier alpha value is -0.760. The maximum Gasteiger partial charge on any atom is 1.00 e. The normalized spacial score (nSPS) is 20.4. The van der Waals surface area contributed by atoms with Crippen molar-refractivity contribution in [2.45, 2.75) is 44.8 Å². The van der Waals surface area contributed by atoms with Crippen LogP contribution < -0.4 is 39.6 Å². The Bertz CT molecular complexity index is 653. The van der Waals surface area contributed by atoms with E-state index in [0.717, 1.165) is 37.9 Å². The van der Waals surface area contributed by atoms with Crippen molar-refractivity contribution in [3.8, 4) is 0 Å². The molecule has 144 valence electrons. The van der Waals surface area contributed by atoms with Gasteiger partial charge in [0.15, 0.2) is 0 Å². The summed E-state index contributed by atoms with van der Waals surface area (Å²) in [5, 5.41) is 11.1. The Kier molecular flexibility index (Phi) is 7.64. The van der Waals surface area contributed by atoms with Crippen LogP contribution in [-0.4, -0.2) is 43.1 Å². The van der Waals surface area contributed by atoms with Gasteiger partial charge in [-0.25, -0.2) is 0 Å². The van der Waals surface area contributed by atoms with E-state index in [0.29, 0.717) is 30.9 Å². The number of benzene rings is 1. The van der Waals surface area contributed by atoms with Crippen LogP contribution in [0.3, 0.4) is 0 Å². The molecule has 4 nitrogen and oxygen atoms in total. The van der Waals surface area contributed by atoms with E-state index in [-0.39, 0.29) is 29.6 Å². The zero-order valence-electron chi connectivity index (χ0n) is 15.9. The summed E-state index contributed by atoms with van der Waals surface area (Å²) in [6, 6.07) is 3.42. The first-order valence-corrected chi connectivity index (χ1v) is 9.16. The van der Waals surface area contributed by atoms with Gasteiger partial charge < -0.3 is 19.7 Å². The van der Waals surface area contributed by atoms with Crippen LogP contribution in [0, 0.1) is 5.92 Å². The van der Waals surface area contributed by atoms with Crippen molar-refractivity contribution in [2.24, 2.45) is 5.92 Å². The van der Waals surface area contributed by atoms with Gasteiger partial charge >= 0.3 is 35.7 Å². The fourth-order valence-corrected chi connectivity index (χ4v) is 3.96. The Morgan fingerprint density at radius 2 is 1.63 bits per heavy atom. The summed E-state index contributed by atoms with van der Waals surface area (Å²) < 4.78 is 39.2. The first kappa shape index (κ1) is 22.5. The SMILES string of the molecule is CC1CCN(C2CCN(c3cc(C(=O)[O-])cc(C(F)(F)F)c3)CC2)CC1.[Na+]. The molecule has 0 N–H and O–H groups in total. The topological polar surface area (TPSA) is 46.6 Å². The molecule has 8 heteroatoms. The average molecular weight is 392 g/mol. The molecule has 0 amide bonds. The number of rotatable bonds is 3. The molecule has 0 atom stereocenters. The van der Waals surface area contributed by atoms with Crippen LogP contribution in [0.2, 0.25) is 0 Å². The predicted molar refractivity (Wildman–Crippen MR) is 91.0 cm³/mol. The van der Waals surface area contributed by atoms with Gasteiger partial charge in [0.25, 0.3) is 0 Å². The summed E-state index contributed by atoms with van der Waals surface area (Å²) in [7, 11) is 0. The van der Waals surface area contributed by atoms with Gasteiger partial charge in [0.05, 0.1) is 11.5 Å². The molecule has 1 aromatic rings. The minimum atomic E-state index is -4.58. The van der Waals surface area contributed by atoms with Crippen LogP contribution in [0.1, 0.15) is 48.5 Å². The van der Waals surface area contributed by atoms with E-state index in [1.807, 2.05) is 4.90 Å². The van der Waals surface area contributed by atoms with Crippen molar-refractivity contribution in [1.29, 1.82) is 0 Å². The van der Waals surface area contributed by atoms with Gasteiger partial charge in [-0.15, -0.1) is 0 Å². The third-order valence-corrected chi connectivity index (χ3v) is 5.65. The summed E-state index contributed by atoms with van der Waals surface area (Å²) >= 11 is 0. The second-order valence-electron chi connectivity index (χ2n) is 7.49. The molecule has 27 heavy (non-hydrogen) atoms. The van der Waals surface area contributed by atoms with Gasteiger partial charge in [0.1, 0.15) is 0 Å². The molecule has 2 aliphatic heterocycles. The van der Waals surface area contributed by atoms with Crippen LogP contribution in [0.4, 0.5) is 18.9 Å². The molecule has 2 aliphatic rings. The molecule has 0 aromatic heterocycles. The van der Waals surface area contributed by atoms with Gasteiger partial charge in [-0.05, 0) is 68.5 Å². The van der Waals surface area contributed by atoms with E-state index < -0.39 is 23.3 Å². The third-order valence-electron chi connectivity index (χ3n) is 5.65. The number of carboxylic acid groups (broad SMARTS) is 1. The van der Waals surface area contributed by atoms with Gasteiger partial charge in [-0.3, -0.25) is 0 Å². The van der Waals surface area contributed by atoms with Crippen molar-refractivity contribution in [3.05, 3.63) is 29.3 Å². The molecule has 0 unspecified atom stereocenters. The number of anilines is 1. The summed E-state index contributed by atoms with van der Waals surface area (Å²) in [5.41, 5.74) is -1.06. The minimum absolute atomic E-state index is 0. The van der Waals surface area contributed by atoms with Gasteiger partial charge in [-0.2, -0.15) is 13.2 Å². The molecule has 2 fully saturated rings. The molecule has 0 saturated carbocycles. The number of hydrogen-bond acceptors (Lipinski definition) is 4. The number of likely N-dealkylation sites (tertiary alicyclic amines) is 1. The van der Waals surface area contributed by atoms with E-state index in [1.54, 1.807) is 0 Å². The monoisotopic (exact) mass is 392 g/mol. The number of aromatic carboxylic acids is 1. The zero-order chi connectivity index (χ0) is 18.9. The molecule has 0 spiro atoms. The summed E-state index contributed by atoms with van der Waals surface area (Å²) in [6.45, 7) is 5.70. The second-order valence-corrected chi connectivity index (χ2v) is 7.49. The number of alkyl halides is 3. The fraction of sp³-hybridized carbons (Fsp3) is 0.632. The van der Waals surface area contributed by atoms with Crippen molar-refractivity contribution >= 4 is 11.7 Å². The van der Waals surface area contributed by atoms with E-state index in [4.69, 9.17) is 0 Å². The van der Waals surface area contributed by atoms with E-state index >= 15 is 0 Å². The maximum absolute atomic E-state index is 13.1. The molecular formula is C19H24F3N2NaO2. The molecule has 0 aliphatic carbocycles. The Balaban J connectivity index is 0.00000261. The van der Waals surface area contributed by atoms with E-state index in [2.05, 4.69) is 11.8 Å². The number of halogens is 3. The van der Waals surface area contributed by atoms with Crippen LogP contribution >= 0.6 is 0 Å². The molecule has 0 radical (unpaired) electrons. The third kappa shape index (κ3) is 5.62. The van der Waals surface area contributed by atoms with Crippen LogP contribution in [-0.2, 0) is 6.18 Å². The Labute approximate surface area is 180 Å². The Morgan fingerprint density at radius 3 is 2.15 bits per heavy atom. The van der Waals surface area contributed by atoms with Gasteiger partial charge in [-0.1, -0.05) is 6.92 Å². The zero-order valence-corrected chi connectivity index (χ0v) is 17.9. The number of carboxylic acids is 1. The van der Waals surface area contributed by atoms with E-state index in [9.17, 15) is 23.1 Å². The number of nitrogens with zero attached hydrogens (tertiary/aromatic N) is 2. The van der Waals surface area contributed by atoms with Gasteiger partial charge in [0.2, 0.25) is 0 Å². The Morgan fingerprint density at radius 1 is 1.04 bits per heavy atom. The largest absolute Gasteiger partial charge is 1.00 e. The maximum atomic E-state index is 13.1. The van der Waals surface area contributed by atoms with Crippen molar-refractivity contribution in [2.75, 3.05) is 31.1 Å². The molecular weight excluding hydrogens is 368 g/mol. The second kappa shape index (κ2) is 9.16. The summed E-state index contributed by atoms with van der Waals surface area (Å²) in [4.78, 5) is 15.4. The quantitative estimate of drug-likeness (QED) is 0.667. The first-order valence-electron chi connectivity index (χ1n) is 9.16. The van der Waals surface area contributed by atoms with Crippen molar-refractivity contribution < 1.29 is 52.6 Å². The molecule has 1 aromatic carbocycles. The van der Waals surface area contributed by atoms with E-state index in [1.165, 1.54) is 18.9 Å². The van der Waals surface area contributed by atoms with Crippen molar-refractivity contribution in [3.63, 3.8) is 0 Å². The van der Waals surface area contributed by atoms with Crippen molar-refractivity contribution in [1.82, 2.24) is 4.90 Å². The predicted octanol–water partition coefficient (Wildman–Crippen LogP) is -0.226. The molecule has 0 bridgehead atoms. The van der Waals surface area contributed by atoms with Gasteiger partial charge in [0, 0.05) is 24.8 Å². The molecule has 3 rings (SSSR count).